The number of rotatable bonds is 41. The summed E-state index contributed by atoms with van der Waals surface area (Å²) >= 11 is 0. The molecule has 4 heterocycles. The largest absolute Gasteiger partial charge is 0.496 e. The third kappa shape index (κ3) is 29.8. The minimum atomic E-state index is -1.57. The Hall–Kier alpha value is -12.4. The summed E-state index contributed by atoms with van der Waals surface area (Å²) in [4.78, 5) is 110. The Balaban J connectivity index is 0.000000203. The van der Waals surface area contributed by atoms with E-state index in [0.717, 1.165) is 117 Å². The van der Waals surface area contributed by atoms with Crippen LogP contribution in [-0.4, -0.2) is 194 Å². The van der Waals surface area contributed by atoms with Crippen molar-refractivity contribution in [2.45, 2.75) is 279 Å². The molecule has 8 aromatic rings. The molecule has 4 aromatic carbocycles. The van der Waals surface area contributed by atoms with Gasteiger partial charge in [0.2, 0.25) is 0 Å². The molecule has 0 aliphatic heterocycles. The third-order valence-electron chi connectivity index (χ3n) is 25.4. The SMILES string of the molecule is COc1cccc(OC)c1-c1cc(C(=O)N[C@@H](CC(C)C)C(=O)C(=O)O)nn1C1CCC(C)CC1.COc1cccc(OC)c1-c1cc(C(=O)N[C@H](CC(=O)O)CC(C)C)nn1C1CCCC(C)C1.COc1cccc(OC)c1-c1cc(C(=O)N[C@H](CC(=O)O)CC(C)C)nn1C1CCCCC1.COc1cccc(OC)c1-c1cc(C(=O)N[C@H](CC(=O)O)CC(C)C)nn1CC1CCCCC1. The first-order valence-corrected chi connectivity index (χ1v) is 47.9. The second-order valence-corrected chi connectivity index (χ2v) is 38.0. The molecule has 742 valence electrons. The normalized spacial score (nSPS) is 17.1. The Bertz CT molecular complexity index is 5210. The van der Waals surface area contributed by atoms with Crippen molar-refractivity contribution in [1.82, 2.24) is 60.4 Å². The van der Waals surface area contributed by atoms with E-state index >= 15 is 0 Å². The summed E-state index contributed by atoms with van der Waals surface area (Å²) < 4.78 is 52.6. The minimum Gasteiger partial charge on any atom is -0.496 e. The molecule has 4 aliphatic rings. The highest BCUT2D eigenvalue weighted by molar-refractivity contribution is 6.35. The van der Waals surface area contributed by atoms with Crippen LogP contribution in [0, 0.1) is 41.4 Å². The number of amides is 4. The van der Waals surface area contributed by atoms with Crippen LogP contribution in [0.3, 0.4) is 0 Å². The molecular formula is C103H144N12O21. The van der Waals surface area contributed by atoms with Gasteiger partial charge in [-0.15, -0.1) is 0 Å². The van der Waals surface area contributed by atoms with Crippen molar-refractivity contribution in [2.24, 2.45) is 41.4 Å². The molecule has 33 nitrogen and oxygen atoms in total. The molecule has 4 fully saturated rings. The van der Waals surface area contributed by atoms with Crippen LogP contribution in [0.2, 0.25) is 0 Å². The molecule has 33 heteroatoms. The molecule has 12 rings (SSSR count). The highest BCUT2D eigenvalue weighted by Crippen LogP contribution is 2.47. The number of benzene rings is 4. The van der Waals surface area contributed by atoms with Gasteiger partial charge in [-0.25, -0.2) is 4.79 Å². The second kappa shape index (κ2) is 52.0. The Kier molecular flexibility index (Phi) is 41.0. The smallest absolute Gasteiger partial charge is 0.374 e. The zero-order chi connectivity index (χ0) is 99.1. The molecule has 6 atom stereocenters. The number of carboxylic acid groups (broad SMARTS) is 4. The van der Waals surface area contributed by atoms with E-state index in [2.05, 4.69) is 45.3 Å². The zero-order valence-corrected chi connectivity index (χ0v) is 82.5. The summed E-state index contributed by atoms with van der Waals surface area (Å²) in [5.74, 6) is 0.330. The molecule has 4 aliphatic carbocycles. The quantitative estimate of drug-likeness (QED) is 0.0165. The summed E-state index contributed by atoms with van der Waals surface area (Å²) in [7, 11) is 12.8. The lowest BCUT2D eigenvalue weighted by Crippen LogP contribution is -2.44. The van der Waals surface area contributed by atoms with Crippen molar-refractivity contribution < 1.29 is 101 Å². The maximum Gasteiger partial charge on any atom is 0.374 e. The van der Waals surface area contributed by atoms with Gasteiger partial charge in [0, 0.05) is 24.7 Å². The van der Waals surface area contributed by atoms with E-state index in [-0.39, 0.29) is 108 Å². The number of hydrogen-bond donors (Lipinski definition) is 8. The number of ether oxygens (including phenoxy) is 8. The standard InChI is InChI=1S/C26H35N3O6.2C26H37N3O5.C25H35N3O5/c1-15(2)13-18(24(30)26(32)33)27-25(31)19-14-20(23-21(34-4)7-6-8-22(23)35-5)29(28-19)17-11-9-16(3)10-12-17;1-16(2)12-18(14-24(30)31)27-26(32)20-15-21(25-22(33-4)10-7-11-23(25)34-5)29(28-20)19-9-6-8-17(3)13-19;1-17(2)13-19(14-24(30)31)27-26(32)20-15-21(25-22(33-3)11-8-12-23(25)34-4)29(28-20)16-18-9-6-5-7-10-18;1-16(2)13-17(14-23(29)30)26-25(31)19-15-20(28(27-19)18-9-6-5-7-10-18)24-21(32-3)11-8-12-22(24)33-4/h6-8,14-18H,9-13H2,1-5H3,(H,27,31)(H,32,33);7,10-11,15-19H,6,8-9,12-14H2,1-5H3,(H,27,32)(H,30,31);8,11-12,15,17-19H,5-7,9-10,13-14,16H2,1-4H3,(H,27,32)(H,30,31);8,11-12,15-18H,5-7,9-10,13-14H2,1-4H3,(H,26,31)(H,29,30)/t16?,17?,18-;17?,18-,19?;19-;17-/m0000/s1. The minimum absolute atomic E-state index is 0.0128. The van der Waals surface area contributed by atoms with Crippen molar-refractivity contribution in [3.8, 4) is 91.0 Å². The number of carboxylic acids is 4. The monoisotopic (exact) mass is 1890 g/mol. The number of aromatic nitrogens is 8. The first kappa shape index (κ1) is 107. The average Bonchev–Trinajstić information content (AvgIpc) is 1.62. The third-order valence-corrected chi connectivity index (χ3v) is 25.4. The van der Waals surface area contributed by atoms with Crippen LogP contribution in [0.5, 0.6) is 46.0 Å². The summed E-state index contributed by atoms with van der Waals surface area (Å²) in [6.07, 6.45) is 21.1. The molecule has 4 amide bonds. The Morgan fingerprint density at radius 3 is 0.956 bits per heavy atom. The number of Topliss-reactive ketones (excluding diaryl/α,β-unsaturated/α-hetero) is 1. The van der Waals surface area contributed by atoms with E-state index in [4.69, 9.17) is 48.1 Å². The van der Waals surface area contributed by atoms with Gasteiger partial charge in [0.15, 0.2) is 22.8 Å². The number of methoxy groups -OCH3 is 8. The van der Waals surface area contributed by atoms with Crippen molar-refractivity contribution in [1.29, 1.82) is 0 Å². The van der Waals surface area contributed by atoms with Crippen LogP contribution in [0.1, 0.15) is 290 Å². The molecule has 0 radical (unpaired) electrons. The Labute approximate surface area is 798 Å². The highest BCUT2D eigenvalue weighted by Gasteiger charge is 2.36. The summed E-state index contributed by atoms with van der Waals surface area (Å²) in [6.45, 7) is 20.9. The van der Waals surface area contributed by atoms with Gasteiger partial charge < -0.3 is 79.6 Å². The Morgan fingerprint density at radius 2 is 0.640 bits per heavy atom. The second-order valence-electron chi connectivity index (χ2n) is 38.0. The van der Waals surface area contributed by atoms with E-state index in [1.165, 1.54) is 32.1 Å². The lowest BCUT2D eigenvalue weighted by molar-refractivity contribution is -0.150. The van der Waals surface area contributed by atoms with E-state index in [1.54, 1.807) is 81.1 Å². The van der Waals surface area contributed by atoms with Gasteiger partial charge in [-0.3, -0.25) is 57.1 Å². The summed E-state index contributed by atoms with van der Waals surface area (Å²) in [5.41, 5.74) is 6.79. The van der Waals surface area contributed by atoms with Crippen molar-refractivity contribution >= 4 is 53.3 Å². The molecule has 4 aromatic heterocycles. The number of nitrogens with one attached hydrogen (secondary N) is 4. The van der Waals surface area contributed by atoms with Gasteiger partial charge in [0.1, 0.15) is 46.0 Å². The van der Waals surface area contributed by atoms with Gasteiger partial charge in [0.05, 0.1) is 145 Å². The molecule has 0 bridgehead atoms. The van der Waals surface area contributed by atoms with Crippen LogP contribution < -0.4 is 59.2 Å². The molecule has 4 saturated carbocycles. The maximum absolute atomic E-state index is 13.2. The van der Waals surface area contributed by atoms with Crippen molar-refractivity contribution in [3.05, 3.63) is 120 Å². The van der Waals surface area contributed by atoms with E-state index in [0.29, 0.717) is 101 Å². The first-order valence-electron chi connectivity index (χ1n) is 47.9. The van der Waals surface area contributed by atoms with Gasteiger partial charge in [-0.05, 0) is 204 Å². The van der Waals surface area contributed by atoms with Crippen molar-refractivity contribution in [2.75, 3.05) is 56.9 Å². The van der Waals surface area contributed by atoms with E-state index < -0.39 is 59.7 Å². The predicted molar refractivity (Wildman–Crippen MR) is 517 cm³/mol. The first-order chi connectivity index (χ1) is 65.0. The summed E-state index contributed by atoms with van der Waals surface area (Å²) in [5, 5.41) is 67.1. The predicted octanol–water partition coefficient (Wildman–Crippen LogP) is 18.5. The number of aliphatic carboxylic acids is 4. The van der Waals surface area contributed by atoms with Crippen LogP contribution in [0.4, 0.5) is 0 Å². The van der Waals surface area contributed by atoms with E-state index in [1.807, 2.05) is 147 Å². The fraction of sp³-hybridized carbons (Fsp3) is 0.563. The fourth-order valence-corrected chi connectivity index (χ4v) is 19.0. The number of carbonyl (C=O) groups excluding carboxylic acids is 5. The van der Waals surface area contributed by atoms with E-state index in [9.17, 15) is 63.6 Å². The molecule has 0 spiro atoms. The fourth-order valence-electron chi connectivity index (χ4n) is 19.0. The zero-order valence-electron chi connectivity index (χ0n) is 82.5. The summed E-state index contributed by atoms with van der Waals surface area (Å²) in [6, 6.07) is 27.1. The maximum atomic E-state index is 13.2. The topological polar surface area (TPSA) is 428 Å². The number of ketones is 1. The lowest BCUT2D eigenvalue weighted by Gasteiger charge is -2.28. The van der Waals surface area contributed by atoms with Crippen LogP contribution in [0.15, 0.2) is 97.1 Å². The highest BCUT2D eigenvalue weighted by atomic mass is 16.5. The molecule has 136 heavy (non-hydrogen) atoms. The van der Waals surface area contributed by atoms with Crippen molar-refractivity contribution in [3.63, 3.8) is 0 Å². The Morgan fingerprint density at radius 1 is 0.346 bits per heavy atom. The average molecular weight is 1890 g/mol. The van der Waals surface area contributed by atoms with Gasteiger partial charge in [-0.1, -0.05) is 145 Å². The number of carbonyl (C=O) groups is 9. The molecule has 2 unspecified atom stereocenters. The number of hydrogen-bond acceptors (Lipinski definition) is 21. The molecular weight excluding hydrogens is 1740 g/mol. The molecule has 0 saturated heterocycles. The lowest BCUT2D eigenvalue weighted by atomic mass is 9.87. The van der Waals surface area contributed by atoms with Gasteiger partial charge >= 0.3 is 23.9 Å². The van der Waals surface area contributed by atoms with Crippen LogP contribution >= 0.6 is 0 Å². The van der Waals surface area contributed by atoms with Crippen LogP contribution in [-0.2, 0) is 30.5 Å². The molecule has 8 N–H and O–H groups in total. The van der Waals surface area contributed by atoms with Gasteiger partial charge in [-0.2, -0.15) is 20.4 Å². The van der Waals surface area contributed by atoms with Crippen LogP contribution in [0.25, 0.3) is 45.0 Å². The van der Waals surface area contributed by atoms with Gasteiger partial charge in [0.25, 0.3) is 29.4 Å². The number of nitrogens with zero attached hydrogens (tertiary/aromatic N) is 8.